The number of aromatic nitrogens is 4. The van der Waals surface area contributed by atoms with E-state index in [2.05, 4.69) is 15.1 Å². The van der Waals surface area contributed by atoms with Crippen LogP contribution in [0.25, 0.3) is 11.4 Å². The number of benzene rings is 1. The van der Waals surface area contributed by atoms with Crippen molar-refractivity contribution < 1.29 is 14.9 Å². The largest absolute Gasteiger partial charge is 0.492 e. The number of rotatable bonds is 7. The summed E-state index contributed by atoms with van der Waals surface area (Å²) < 4.78 is 7.76. The van der Waals surface area contributed by atoms with Crippen molar-refractivity contribution in [3.05, 3.63) is 52.8 Å². The predicted molar refractivity (Wildman–Crippen MR) is 117 cm³/mol. The van der Waals surface area contributed by atoms with E-state index < -0.39 is 12.2 Å². The first kappa shape index (κ1) is 21.5. The fourth-order valence-electron chi connectivity index (χ4n) is 3.75. The van der Waals surface area contributed by atoms with Gasteiger partial charge in [-0.15, -0.1) is 0 Å². The maximum Gasteiger partial charge on any atom is 0.222 e. The highest BCUT2D eigenvalue weighted by molar-refractivity contribution is 6.29. The molecule has 0 spiro atoms. The summed E-state index contributed by atoms with van der Waals surface area (Å²) in [6.45, 7) is 1.99. The van der Waals surface area contributed by atoms with Gasteiger partial charge in [0.15, 0.2) is 0 Å². The molecule has 3 heterocycles. The number of nitrogens with zero attached hydrogens (tertiary/aromatic N) is 5. The molecule has 1 aromatic carbocycles. The summed E-state index contributed by atoms with van der Waals surface area (Å²) in [5.74, 6) is 0.873. The van der Waals surface area contributed by atoms with Gasteiger partial charge in [-0.25, -0.2) is 9.97 Å². The molecule has 10 heteroatoms. The number of ether oxygens (including phenoxy) is 1. The fraction of sp³-hybridized carbons (Fsp3) is 0.381. The van der Waals surface area contributed by atoms with E-state index in [0.29, 0.717) is 44.0 Å². The summed E-state index contributed by atoms with van der Waals surface area (Å²) in [6.07, 6.45) is 1.13. The molecule has 1 aliphatic heterocycles. The van der Waals surface area contributed by atoms with Gasteiger partial charge < -0.3 is 20.7 Å². The zero-order valence-electron chi connectivity index (χ0n) is 17.1. The van der Waals surface area contributed by atoms with E-state index in [1.165, 1.54) is 0 Å². The van der Waals surface area contributed by atoms with Crippen LogP contribution < -0.4 is 10.5 Å². The molecule has 0 saturated carbocycles. The molecular weight excluding hydrogens is 420 g/mol. The van der Waals surface area contributed by atoms with Gasteiger partial charge in [0.05, 0.1) is 17.9 Å². The molecule has 31 heavy (non-hydrogen) atoms. The average molecular weight is 445 g/mol. The molecule has 4 rings (SSSR count). The molecule has 9 nitrogen and oxygen atoms in total. The Morgan fingerprint density at radius 2 is 1.90 bits per heavy atom. The number of aryl methyl sites for hydroxylation is 1. The molecule has 0 bridgehead atoms. The zero-order chi connectivity index (χ0) is 22.0. The number of β-amino-alcohol motifs (C(OH)–C–C–N with tert-alkyl or cyclic N) is 2. The first-order valence-corrected chi connectivity index (χ1v) is 10.4. The van der Waals surface area contributed by atoms with E-state index in [0.717, 1.165) is 16.9 Å². The van der Waals surface area contributed by atoms with Crippen molar-refractivity contribution in [2.24, 2.45) is 7.05 Å². The number of hydrogen-bond donors (Lipinski definition) is 3. The Morgan fingerprint density at radius 3 is 2.65 bits per heavy atom. The number of aliphatic hydroxyl groups excluding tert-OH is 2. The van der Waals surface area contributed by atoms with Crippen molar-refractivity contribution in [3.8, 4) is 17.1 Å². The lowest BCUT2D eigenvalue weighted by molar-refractivity contribution is 0.0572. The third-order valence-corrected chi connectivity index (χ3v) is 5.41. The van der Waals surface area contributed by atoms with Gasteiger partial charge in [-0.1, -0.05) is 29.8 Å². The molecule has 0 unspecified atom stereocenters. The summed E-state index contributed by atoms with van der Waals surface area (Å²) in [5, 5.41) is 24.2. The van der Waals surface area contributed by atoms with E-state index in [9.17, 15) is 10.2 Å². The first-order chi connectivity index (χ1) is 14.9. The molecule has 0 radical (unpaired) electrons. The molecular formula is C21H25ClN6O3. The lowest BCUT2D eigenvalue weighted by Gasteiger charge is -2.16. The van der Waals surface area contributed by atoms with Crippen LogP contribution in [0.15, 0.2) is 36.5 Å². The maximum atomic E-state index is 9.68. The Hall–Kier alpha value is -2.72. The normalized spacial score (nSPS) is 19.1. The Labute approximate surface area is 185 Å². The molecule has 1 fully saturated rings. The Morgan fingerprint density at radius 1 is 1.16 bits per heavy atom. The Balaban J connectivity index is 1.49. The number of aliphatic hydroxyl groups is 2. The highest BCUT2D eigenvalue weighted by atomic mass is 35.5. The second-order valence-corrected chi connectivity index (χ2v) is 8.03. The SMILES string of the molecule is Cn1cc(Cc2ccccc2OCCN2C[C@H](O)[C@@H](O)C2)c(-c2cc(Cl)nc(N)n2)n1. The van der Waals surface area contributed by atoms with Crippen LogP contribution in [0.5, 0.6) is 5.75 Å². The highest BCUT2D eigenvalue weighted by Gasteiger charge is 2.29. The second-order valence-electron chi connectivity index (χ2n) is 7.64. The number of nitrogens with two attached hydrogens (primary N) is 1. The van der Waals surface area contributed by atoms with Crippen LogP contribution in [0, 0.1) is 0 Å². The van der Waals surface area contributed by atoms with E-state index in [-0.39, 0.29) is 11.1 Å². The van der Waals surface area contributed by atoms with Crippen LogP contribution in [0.2, 0.25) is 5.15 Å². The third kappa shape index (κ3) is 5.13. The Bertz CT molecular complexity index is 1030. The summed E-state index contributed by atoms with van der Waals surface area (Å²) in [5.41, 5.74) is 8.98. The van der Waals surface area contributed by atoms with Gasteiger partial charge in [-0.05, 0) is 11.6 Å². The van der Waals surface area contributed by atoms with Gasteiger partial charge in [0, 0.05) is 50.9 Å². The highest BCUT2D eigenvalue weighted by Crippen LogP contribution is 2.28. The van der Waals surface area contributed by atoms with Crippen molar-refractivity contribution >= 4 is 17.5 Å². The van der Waals surface area contributed by atoms with Gasteiger partial charge in [0.1, 0.15) is 23.2 Å². The van der Waals surface area contributed by atoms with Gasteiger partial charge >= 0.3 is 0 Å². The van der Waals surface area contributed by atoms with Gasteiger partial charge in [-0.2, -0.15) is 5.10 Å². The summed E-state index contributed by atoms with van der Waals surface area (Å²) in [6, 6.07) is 9.47. The number of likely N-dealkylation sites (tertiary alicyclic amines) is 1. The molecule has 164 valence electrons. The van der Waals surface area contributed by atoms with Crippen molar-refractivity contribution in [1.29, 1.82) is 0 Å². The molecule has 0 amide bonds. The van der Waals surface area contributed by atoms with Crippen LogP contribution in [0.4, 0.5) is 5.95 Å². The minimum absolute atomic E-state index is 0.0972. The average Bonchev–Trinajstić information content (AvgIpc) is 3.23. The number of hydrogen-bond acceptors (Lipinski definition) is 8. The molecule has 4 N–H and O–H groups in total. The van der Waals surface area contributed by atoms with Gasteiger partial charge in [0.25, 0.3) is 0 Å². The number of nitrogen functional groups attached to an aromatic ring is 1. The molecule has 0 aliphatic carbocycles. The van der Waals surface area contributed by atoms with Crippen molar-refractivity contribution in [3.63, 3.8) is 0 Å². The summed E-state index contributed by atoms with van der Waals surface area (Å²) >= 11 is 6.05. The number of para-hydroxylation sites is 1. The molecule has 1 aliphatic rings. The first-order valence-electron chi connectivity index (χ1n) is 10.0. The van der Waals surface area contributed by atoms with E-state index in [1.54, 1.807) is 10.7 Å². The van der Waals surface area contributed by atoms with Crippen LogP contribution >= 0.6 is 11.6 Å². The zero-order valence-corrected chi connectivity index (χ0v) is 17.9. The lowest BCUT2D eigenvalue weighted by atomic mass is 10.0. The topological polar surface area (TPSA) is 123 Å². The quantitative estimate of drug-likeness (QED) is 0.463. The van der Waals surface area contributed by atoms with Crippen LogP contribution in [-0.4, -0.2) is 73.3 Å². The monoisotopic (exact) mass is 444 g/mol. The minimum atomic E-state index is -0.694. The molecule has 1 saturated heterocycles. The van der Waals surface area contributed by atoms with E-state index >= 15 is 0 Å². The Kier molecular flexibility index (Phi) is 6.38. The van der Waals surface area contributed by atoms with Gasteiger partial charge in [-0.3, -0.25) is 9.58 Å². The van der Waals surface area contributed by atoms with Crippen LogP contribution in [0.1, 0.15) is 11.1 Å². The molecule has 3 aromatic rings. The van der Waals surface area contributed by atoms with Gasteiger partial charge in [0.2, 0.25) is 5.95 Å². The van der Waals surface area contributed by atoms with E-state index in [1.807, 2.05) is 42.4 Å². The third-order valence-electron chi connectivity index (χ3n) is 5.21. The van der Waals surface area contributed by atoms with Crippen molar-refractivity contribution in [1.82, 2.24) is 24.6 Å². The summed E-state index contributed by atoms with van der Waals surface area (Å²) in [7, 11) is 1.85. The number of anilines is 1. The van der Waals surface area contributed by atoms with Crippen molar-refractivity contribution in [2.45, 2.75) is 18.6 Å². The van der Waals surface area contributed by atoms with Crippen LogP contribution in [0.3, 0.4) is 0 Å². The van der Waals surface area contributed by atoms with E-state index in [4.69, 9.17) is 22.1 Å². The number of halogens is 1. The second kappa shape index (κ2) is 9.19. The van der Waals surface area contributed by atoms with Crippen LogP contribution in [-0.2, 0) is 13.5 Å². The minimum Gasteiger partial charge on any atom is -0.492 e. The smallest absolute Gasteiger partial charge is 0.222 e. The predicted octanol–water partition coefficient (Wildman–Crippen LogP) is 1.12. The standard InChI is InChI=1S/C21H25ClN6O3/c1-27-10-14(20(26-27)15-9-19(22)25-21(23)24-15)8-13-4-2-3-5-18(13)31-7-6-28-11-16(29)17(30)12-28/h2-5,9-10,16-17,29-30H,6-8,11-12H2,1H3,(H2,23,24,25)/t16-,17-/m0/s1. The maximum absolute atomic E-state index is 9.68. The van der Waals surface area contributed by atoms with Crippen molar-refractivity contribution in [2.75, 3.05) is 32.0 Å². The lowest BCUT2D eigenvalue weighted by Crippen LogP contribution is -2.27. The molecule has 2 aromatic heterocycles. The fourth-order valence-corrected chi connectivity index (χ4v) is 3.94. The molecule has 2 atom stereocenters. The summed E-state index contributed by atoms with van der Waals surface area (Å²) in [4.78, 5) is 10.2.